The average Bonchev–Trinajstić information content (AvgIpc) is 2.77. The summed E-state index contributed by atoms with van der Waals surface area (Å²) >= 11 is 0. The lowest BCUT2D eigenvalue weighted by Crippen LogP contribution is -2.40. The van der Waals surface area contributed by atoms with Crippen LogP contribution in [0.3, 0.4) is 0 Å². The topological polar surface area (TPSA) is 24.8 Å². The molecule has 0 fully saturated rings. The van der Waals surface area contributed by atoms with Gasteiger partial charge in [-0.3, -0.25) is 0 Å². The minimum atomic E-state index is 0.358. The van der Waals surface area contributed by atoms with Crippen LogP contribution in [0.5, 0.6) is 5.75 Å². The molecular formula is C20H22N2O. The van der Waals surface area contributed by atoms with Crippen molar-refractivity contribution in [1.29, 1.82) is 0 Å². The first-order chi connectivity index (χ1) is 11.3. The van der Waals surface area contributed by atoms with Gasteiger partial charge in [0.05, 0.1) is 18.8 Å². The third kappa shape index (κ3) is 2.40. The number of para-hydroxylation sites is 1. The molecule has 0 bridgehead atoms. The van der Waals surface area contributed by atoms with E-state index in [0.717, 1.165) is 37.2 Å². The van der Waals surface area contributed by atoms with Crippen molar-refractivity contribution in [2.24, 2.45) is 4.99 Å². The number of hydrogen-bond acceptors (Lipinski definition) is 3. The molecule has 2 aromatic carbocycles. The van der Waals surface area contributed by atoms with E-state index in [1.807, 2.05) is 0 Å². The molecule has 1 atom stereocenters. The number of fused-ring (bicyclic) bond motifs is 4. The van der Waals surface area contributed by atoms with Crippen molar-refractivity contribution in [3.63, 3.8) is 0 Å². The smallest absolute Gasteiger partial charge is 0.119 e. The van der Waals surface area contributed by atoms with Crippen molar-refractivity contribution in [2.75, 3.05) is 13.7 Å². The number of benzene rings is 2. The normalized spacial score (nSPS) is 19.1. The minimum Gasteiger partial charge on any atom is -0.497 e. The average molecular weight is 306 g/mol. The number of hydrogen-bond donors (Lipinski definition) is 0. The predicted octanol–water partition coefficient (Wildman–Crippen LogP) is 4.29. The minimum absolute atomic E-state index is 0.358. The van der Waals surface area contributed by atoms with Gasteiger partial charge in [0.25, 0.3) is 0 Å². The Morgan fingerprint density at radius 1 is 1.17 bits per heavy atom. The predicted molar refractivity (Wildman–Crippen MR) is 93.7 cm³/mol. The van der Waals surface area contributed by atoms with Gasteiger partial charge in [-0.1, -0.05) is 31.2 Å². The molecule has 118 valence electrons. The molecule has 23 heavy (non-hydrogen) atoms. The number of ether oxygens (including phenoxy) is 1. The van der Waals surface area contributed by atoms with E-state index in [9.17, 15) is 0 Å². The molecule has 2 heterocycles. The Labute approximate surface area is 137 Å². The summed E-state index contributed by atoms with van der Waals surface area (Å²) in [6.45, 7) is 3.25. The summed E-state index contributed by atoms with van der Waals surface area (Å²) in [5.41, 5.74) is 5.31. The summed E-state index contributed by atoms with van der Waals surface area (Å²) in [4.78, 5) is 7.47. The van der Waals surface area contributed by atoms with Crippen LogP contribution in [-0.2, 0) is 12.8 Å². The first-order valence-corrected chi connectivity index (χ1v) is 8.39. The van der Waals surface area contributed by atoms with Crippen LogP contribution in [0.4, 0.5) is 5.69 Å². The Bertz CT molecular complexity index is 766. The van der Waals surface area contributed by atoms with Crippen molar-refractivity contribution in [2.45, 2.75) is 32.2 Å². The molecule has 0 saturated carbocycles. The Morgan fingerprint density at radius 2 is 2.04 bits per heavy atom. The summed E-state index contributed by atoms with van der Waals surface area (Å²) < 4.78 is 5.47. The van der Waals surface area contributed by atoms with E-state index < -0.39 is 0 Å². The van der Waals surface area contributed by atoms with E-state index in [1.54, 1.807) is 7.11 Å². The first-order valence-electron chi connectivity index (χ1n) is 8.39. The second-order valence-corrected chi connectivity index (χ2v) is 6.24. The van der Waals surface area contributed by atoms with Crippen molar-refractivity contribution in [3.8, 4) is 5.75 Å². The highest BCUT2D eigenvalue weighted by Gasteiger charge is 2.31. The molecular weight excluding hydrogens is 284 g/mol. The highest BCUT2D eigenvalue weighted by molar-refractivity contribution is 5.86. The van der Waals surface area contributed by atoms with Crippen molar-refractivity contribution < 1.29 is 4.74 Å². The number of nitrogens with zero attached hydrogens (tertiary/aromatic N) is 2. The fourth-order valence-corrected chi connectivity index (χ4v) is 3.82. The molecule has 2 aliphatic rings. The summed E-state index contributed by atoms with van der Waals surface area (Å²) in [5, 5.41) is 0. The highest BCUT2D eigenvalue weighted by Crippen LogP contribution is 2.39. The Balaban J connectivity index is 1.85. The molecule has 0 spiro atoms. The molecule has 0 saturated heterocycles. The van der Waals surface area contributed by atoms with Gasteiger partial charge in [0.15, 0.2) is 0 Å². The molecule has 3 nitrogen and oxygen atoms in total. The zero-order chi connectivity index (χ0) is 15.8. The van der Waals surface area contributed by atoms with Crippen LogP contribution < -0.4 is 4.74 Å². The van der Waals surface area contributed by atoms with Crippen molar-refractivity contribution >= 4 is 11.5 Å². The van der Waals surface area contributed by atoms with Crippen LogP contribution in [0, 0.1) is 0 Å². The summed E-state index contributed by atoms with van der Waals surface area (Å²) in [7, 11) is 1.74. The molecule has 1 unspecified atom stereocenters. The van der Waals surface area contributed by atoms with Gasteiger partial charge in [-0.05, 0) is 47.7 Å². The maximum atomic E-state index is 5.47. The fraction of sp³-hybridized carbons (Fsp3) is 0.350. The van der Waals surface area contributed by atoms with Crippen molar-refractivity contribution in [1.82, 2.24) is 4.90 Å². The quantitative estimate of drug-likeness (QED) is 0.827. The van der Waals surface area contributed by atoms with E-state index in [2.05, 4.69) is 54.3 Å². The van der Waals surface area contributed by atoms with Gasteiger partial charge in [0.2, 0.25) is 0 Å². The summed E-state index contributed by atoms with van der Waals surface area (Å²) in [6, 6.07) is 15.4. The Kier molecular flexibility index (Phi) is 3.56. The van der Waals surface area contributed by atoms with Crippen LogP contribution in [0.2, 0.25) is 0 Å². The van der Waals surface area contributed by atoms with E-state index in [1.165, 1.54) is 22.5 Å². The van der Waals surface area contributed by atoms with Gasteiger partial charge in [-0.15, -0.1) is 0 Å². The number of aliphatic imine (C=N–C) groups is 1. The third-order valence-corrected chi connectivity index (χ3v) is 5.01. The third-order valence-electron chi connectivity index (χ3n) is 5.01. The molecule has 0 radical (unpaired) electrons. The van der Waals surface area contributed by atoms with Crippen molar-refractivity contribution in [3.05, 3.63) is 59.2 Å². The maximum absolute atomic E-state index is 5.47. The largest absolute Gasteiger partial charge is 0.497 e. The molecule has 0 N–H and O–H groups in total. The van der Waals surface area contributed by atoms with E-state index >= 15 is 0 Å². The molecule has 0 amide bonds. The van der Waals surface area contributed by atoms with Crippen LogP contribution in [0.25, 0.3) is 0 Å². The Morgan fingerprint density at radius 3 is 2.87 bits per heavy atom. The molecule has 3 heteroatoms. The molecule has 0 aliphatic carbocycles. The molecule has 4 rings (SSSR count). The highest BCUT2D eigenvalue weighted by atomic mass is 16.5. The van der Waals surface area contributed by atoms with E-state index in [0.29, 0.717) is 6.04 Å². The Hall–Kier alpha value is -2.29. The van der Waals surface area contributed by atoms with Crippen LogP contribution in [0.1, 0.15) is 36.1 Å². The van der Waals surface area contributed by atoms with Gasteiger partial charge >= 0.3 is 0 Å². The lowest BCUT2D eigenvalue weighted by atomic mass is 9.88. The second-order valence-electron chi connectivity index (χ2n) is 6.24. The second kappa shape index (κ2) is 5.73. The van der Waals surface area contributed by atoms with Crippen LogP contribution in [-0.4, -0.2) is 24.4 Å². The molecule has 2 aromatic rings. The van der Waals surface area contributed by atoms with Gasteiger partial charge in [-0.25, -0.2) is 4.99 Å². The first kappa shape index (κ1) is 14.3. The number of methoxy groups -OCH3 is 1. The molecule has 2 aliphatic heterocycles. The lowest BCUT2D eigenvalue weighted by molar-refractivity contribution is 0.293. The van der Waals surface area contributed by atoms with Gasteiger partial charge < -0.3 is 9.64 Å². The fourth-order valence-electron chi connectivity index (χ4n) is 3.82. The van der Waals surface area contributed by atoms with E-state index in [4.69, 9.17) is 9.73 Å². The van der Waals surface area contributed by atoms with E-state index in [-0.39, 0.29) is 0 Å². The van der Waals surface area contributed by atoms with Gasteiger partial charge in [0, 0.05) is 13.0 Å². The summed E-state index contributed by atoms with van der Waals surface area (Å²) in [5.74, 6) is 2.14. The lowest BCUT2D eigenvalue weighted by Gasteiger charge is -2.38. The zero-order valence-corrected chi connectivity index (χ0v) is 13.7. The molecule has 0 aromatic heterocycles. The standard InChI is InChI=1S/C20H22N2O/c1-3-20-21-18-7-5-4-6-15(18)12-19-17-13-16(23-2)9-8-14(17)10-11-22(19)20/h4-9,13,19H,3,10-12H2,1-2H3. The zero-order valence-electron chi connectivity index (χ0n) is 13.7. The summed E-state index contributed by atoms with van der Waals surface area (Å²) in [6.07, 6.45) is 3.04. The van der Waals surface area contributed by atoms with Crippen LogP contribution in [0.15, 0.2) is 47.5 Å². The number of amidine groups is 1. The monoisotopic (exact) mass is 306 g/mol. The van der Waals surface area contributed by atoms with Gasteiger partial charge in [-0.2, -0.15) is 0 Å². The number of rotatable bonds is 2. The van der Waals surface area contributed by atoms with Crippen LogP contribution >= 0.6 is 0 Å². The SMILES string of the molecule is CCC1=Nc2ccccc2CC2c3cc(OC)ccc3CCN12. The van der Waals surface area contributed by atoms with Gasteiger partial charge in [0.1, 0.15) is 11.6 Å². The maximum Gasteiger partial charge on any atom is 0.119 e.